The predicted molar refractivity (Wildman–Crippen MR) is 107 cm³/mol. The second-order valence-corrected chi connectivity index (χ2v) is 7.14. The van der Waals surface area contributed by atoms with Crippen molar-refractivity contribution in [3.8, 4) is 5.75 Å². The van der Waals surface area contributed by atoms with Gasteiger partial charge in [0.15, 0.2) is 0 Å². The number of rotatable bonds is 6. The molecule has 2 aromatic carbocycles. The van der Waals surface area contributed by atoms with Gasteiger partial charge < -0.3 is 14.7 Å². The Morgan fingerprint density at radius 1 is 1.11 bits per heavy atom. The molecule has 1 aliphatic rings. The van der Waals surface area contributed by atoms with Gasteiger partial charge in [0.05, 0.1) is 24.9 Å². The Bertz CT molecular complexity index is 869. The Hall–Kier alpha value is -2.57. The zero-order valence-electron chi connectivity index (χ0n) is 15.6. The van der Waals surface area contributed by atoms with Crippen LogP contribution in [0.4, 0.5) is 5.69 Å². The molecule has 1 fully saturated rings. The SMILES string of the molecule is COc1ccc(CC(O)CN2CCN(c3ccc4[nH]ncc4c3)CC2)cc1. The molecule has 0 saturated carbocycles. The smallest absolute Gasteiger partial charge is 0.118 e. The number of aliphatic hydroxyl groups excluding tert-OH is 1. The molecular weight excluding hydrogens is 340 g/mol. The number of H-pyrrole nitrogens is 1. The van der Waals surface area contributed by atoms with Crippen molar-refractivity contribution in [1.29, 1.82) is 0 Å². The van der Waals surface area contributed by atoms with E-state index in [1.807, 2.05) is 30.5 Å². The van der Waals surface area contributed by atoms with Gasteiger partial charge in [0, 0.05) is 43.8 Å². The van der Waals surface area contributed by atoms with Crippen LogP contribution in [0.3, 0.4) is 0 Å². The van der Waals surface area contributed by atoms with Gasteiger partial charge in [-0.15, -0.1) is 0 Å². The molecule has 0 bridgehead atoms. The minimum absolute atomic E-state index is 0.354. The number of piperazine rings is 1. The van der Waals surface area contributed by atoms with E-state index < -0.39 is 0 Å². The van der Waals surface area contributed by atoms with Gasteiger partial charge in [-0.1, -0.05) is 12.1 Å². The number of hydrogen-bond donors (Lipinski definition) is 2. The first kappa shape index (κ1) is 17.8. The number of β-amino-alcohol motifs (C(OH)–C–C–N with tert-alkyl or cyclic N) is 1. The number of benzene rings is 2. The third-order valence-electron chi connectivity index (χ3n) is 5.26. The van der Waals surface area contributed by atoms with Crippen molar-refractivity contribution in [3.63, 3.8) is 0 Å². The fourth-order valence-electron chi connectivity index (χ4n) is 3.71. The van der Waals surface area contributed by atoms with Gasteiger partial charge in [-0.3, -0.25) is 10.00 Å². The molecule has 3 aromatic rings. The van der Waals surface area contributed by atoms with E-state index in [0.29, 0.717) is 13.0 Å². The molecule has 1 saturated heterocycles. The lowest BCUT2D eigenvalue weighted by Gasteiger charge is -2.37. The molecule has 6 heteroatoms. The first-order chi connectivity index (χ1) is 13.2. The first-order valence-electron chi connectivity index (χ1n) is 9.43. The molecule has 1 aromatic heterocycles. The standard InChI is InChI=1S/C21H26N4O2/c1-27-20-5-2-16(3-6-20)12-19(26)15-24-8-10-25(11-9-24)18-4-7-21-17(13-18)14-22-23-21/h2-7,13-14,19,26H,8-12,15H2,1H3,(H,22,23). The van der Waals surface area contributed by atoms with Crippen LogP contribution in [-0.2, 0) is 6.42 Å². The average Bonchev–Trinajstić information content (AvgIpc) is 3.17. The molecule has 1 unspecified atom stereocenters. The van der Waals surface area contributed by atoms with Crippen LogP contribution in [0.1, 0.15) is 5.56 Å². The van der Waals surface area contributed by atoms with Crippen LogP contribution >= 0.6 is 0 Å². The lowest BCUT2D eigenvalue weighted by molar-refractivity contribution is 0.109. The quantitative estimate of drug-likeness (QED) is 0.701. The van der Waals surface area contributed by atoms with Gasteiger partial charge in [0.1, 0.15) is 5.75 Å². The van der Waals surface area contributed by atoms with Crippen LogP contribution in [0.25, 0.3) is 10.9 Å². The summed E-state index contributed by atoms with van der Waals surface area (Å²) in [6.45, 7) is 4.57. The molecule has 2 heterocycles. The minimum Gasteiger partial charge on any atom is -0.497 e. The van der Waals surface area contributed by atoms with Gasteiger partial charge in [0.2, 0.25) is 0 Å². The average molecular weight is 366 g/mol. The van der Waals surface area contributed by atoms with Crippen molar-refractivity contribution in [2.24, 2.45) is 0 Å². The maximum Gasteiger partial charge on any atom is 0.118 e. The number of aromatic nitrogens is 2. The molecule has 2 N–H and O–H groups in total. The van der Waals surface area contributed by atoms with Gasteiger partial charge in [-0.2, -0.15) is 5.10 Å². The lowest BCUT2D eigenvalue weighted by Crippen LogP contribution is -2.48. The van der Waals surface area contributed by atoms with Crippen molar-refractivity contribution in [3.05, 3.63) is 54.2 Å². The van der Waals surface area contributed by atoms with Crippen molar-refractivity contribution in [2.45, 2.75) is 12.5 Å². The Kier molecular flexibility index (Phi) is 5.27. The Morgan fingerprint density at radius 3 is 2.63 bits per heavy atom. The molecule has 4 rings (SSSR count). The number of hydrogen-bond acceptors (Lipinski definition) is 5. The van der Waals surface area contributed by atoms with E-state index in [-0.39, 0.29) is 6.10 Å². The zero-order valence-corrected chi connectivity index (χ0v) is 15.6. The van der Waals surface area contributed by atoms with Crippen molar-refractivity contribution < 1.29 is 9.84 Å². The van der Waals surface area contributed by atoms with E-state index in [1.54, 1.807) is 7.11 Å². The van der Waals surface area contributed by atoms with Crippen LogP contribution in [0.15, 0.2) is 48.7 Å². The van der Waals surface area contributed by atoms with Gasteiger partial charge in [-0.05, 0) is 42.3 Å². The number of aromatic amines is 1. The van der Waals surface area contributed by atoms with E-state index in [2.05, 4.69) is 38.2 Å². The lowest BCUT2D eigenvalue weighted by atomic mass is 10.1. The maximum atomic E-state index is 10.5. The molecule has 1 atom stereocenters. The number of anilines is 1. The van der Waals surface area contributed by atoms with E-state index >= 15 is 0 Å². The molecule has 142 valence electrons. The van der Waals surface area contributed by atoms with Crippen LogP contribution in [0.5, 0.6) is 5.75 Å². The van der Waals surface area contributed by atoms with Crippen LogP contribution in [-0.4, -0.2) is 66.1 Å². The van der Waals surface area contributed by atoms with E-state index in [4.69, 9.17) is 4.74 Å². The maximum absolute atomic E-state index is 10.5. The summed E-state index contributed by atoms with van der Waals surface area (Å²) in [4.78, 5) is 4.75. The third-order valence-corrected chi connectivity index (χ3v) is 5.26. The van der Waals surface area contributed by atoms with Gasteiger partial charge in [-0.25, -0.2) is 0 Å². The number of nitrogens with zero attached hydrogens (tertiary/aromatic N) is 3. The molecule has 6 nitrogen and oxygen atoms in total. The molecule has 0 aliphatic carbocycles. The Labute approximate surface area is 159 Å². The van der Waals surface area contributed by atoms with E-state index in [1.165, 1.54) is 5.69 Å². The first-order valence-corrected chi connectivity index (χ1v) is 9.43. The summed E-state index contributed by atoms with van der Waals surface area (Å²) in [6, 6.07) is 14.3. The number of aliphatic hydroxyl groups is 1. The molecular formula is C21H26N4O2. The monoisotopic (exact) mass is 366 g/mol. The predicted octanol–water partition coefficient (Wildman–Crippen LogP) is 2.30. The van der Waals surface area contributed by atoms with E-state index in [9.17, 15) is 5.11 Å². The third kappa shape index (κ3) is 4.23. The second kappa shape index (κ2) is 7.98. The summed E-state index contributed by atoms with van der Waals surface area (Å²) >= 11 is 0. The van der Waals surface area contributed by atoms with Crippen molar-refractivity contribution >= 4 is 16.6 Å². The number of methoxy groups -OCH3 is 1. The largest absolute Gasteiger partial charge is 0.497 e. The Morgan fingerprint density at radius 2 is 1.89 bits per heavy atom. The van der Waals surface area contributed by atoms with Crippen molar-refractivity contribution in [2.75, 3.05) is 44.7 Å². The minimum atomic E-state index is -0.354. The number of ether oxygens (including phenoxy) is 1. The molecule has 0 amide bonds. The fourth-order valence-corrected chi connectivity index (χ4v) is 3.71. The molecule has 0 radical (unpaired) electrons. The molecule has 27 heavy (non-hydrogen) atoms. The molecule has 1 aliphatic heterocycles. The van der Waals surface area contributed by atoms with Crippen molar-refractivity contribution in [1.82, 2.24) is 15.1 Å². The summed E-state index contributed by atoms with van der Waals surface area (Å²) in [5, 5.41) is 18.7. The van der Waals surface area contributed by atoms with Gasteiger partial charge in [0.25, 0.3) is 0 Å². The highest BCUT2D eigenvalue weighted by molar-refractivity contribution is 5.82. The highest BCUT2D eigenvalue weighted by Gasteiger charge is 2.20. The van der Waals surface area contributed by atoms with Crippen LogP contribution in [0, 0.1) is 0 Å². The number of nitrogens with one attached hydrogen (secondary N) is 1. The highest BCUT2D eigenvalue weighted by Crippen LogP contribution is 2.22. The van der Waals surface area contributed by atoms with E-state index in [0.717, 1.165) is 48.4 Å². The number of fused-ring (bicyclic) bond motifs is 1. The zero-order chi connectivity index (χ0) is 18.6. The van der Waals surface area contributed by atoms with Gasteiger partial charge >= 0.3 is 0 Å². The summed E-state index contributed by atoms with van der Waals surface area (Å²) in [5.74, 6) is 0.845. The molecule has 0 spiro atoms. The summed E-state index contributed by atoms with van der Waals surface area (Å²) < 4.78 is 5.18. The highest BCUT2D eigenvalue weighted by atomic mass is 16.5. The Balaban J connectivity index is 1.28. The topological polar surface area (TPSA) is 64.6 Å². The summed E-state index contributed by atoms with van der Waals surface area (Å²) in [7, 11) is 1.66. The normalized spacial score (nSPS) is 16.6. The summed E-state index contributed by atoms with van der Waals surface area (Å²) in [6.07, 6.45) is 2.18. The van der Waals surface area contributed by atoms with Crippen LogP contribution in [0.2, 0.25) is 0 Å². The van der Waals surface area contributed by atoms with Crippen LogP contribution < -0.4 is 9.64 Å². The summed E-state index contributed by atoms with van der Waals surface area (Å²) in [5.41, 5.74) is 3.44. The fraction of sp³-hybridized carbons (Fsp3) is 0.381. The second-order valence-electron chi connectivity index (χ2n) is 7.14.